The van der Waals surface area contributed by atoms with Crippen molar-refractivity contribution in [2.45, 2.75) is 30.9 Å². The summed E-state index contributed by atoms with van der Waals surface area (Å²) in [4.78, 5) is 0.195. The van der Waals surface area contributed by atoms with Gasteiger partial charge in [-0.1, -0.05) is 47.5 Å². The minimum absolute atomic E-state index is 0.195. The Morgan fingerprint density at radius 3 is 1.96 bits per heavy atom. The monoisotopic (exact) mass is 361 g/mol. The van der Waals surface area contributed by atoms with Gasteiger partial charge in [0.15, 0.2) is 9.84 Å². The Morgan fingerprint density at radius 2 is 1.50 bits per heavy atom. The fourth-order valence-electron chi connectivity index (χ4n) is 2.72. The molecule has 0 heterocycles. The Morgan fingerprint density at radius 1 is 0.958 bits per heavy atom. The van der Waals surface area contributed by atoms with Crippen molar-refractivity contribution in [3.63, 3.8) is 0 Å². The van der Waals surface area contributed by atoms with Crippen molar-refractivity contribution in [2.24, 2.45) is 0 Å². The van der Waals surface area contributed by atoms with Crippen molar-refractivity contribution in [1.82, 2.24) is 0 Å². The van der Waals surface area contributed by atoms with Crippen molar-refractivity contribution in [2.75, 3.05) is 0 Å². The first-order valence-electron chi connectivity index (χ1n) is 7.52. The van der Waals surface area contributed by atoms with E-state index in [0.717, 1.165) is 5.57 Å². The molecule has 0 fully saturated rings. The summed E-state index contributed by atoms with van der Waals surface area (Å²) >= 11 is 5.88. The molecule has 5 heteroatoms. The Kier molecular flexibility index (Phi) is 5.62. The minimum atomic E-state index is -3.72. The van der Waals surface area contributed by atoms with Crippen LogP contribution in [0.4, 0.5) is 0 Å². The standard InChI is InChI=1S/C19H20ClNO2S/c1-13(2)18(14(3)21)19(15-7-5-4-6-8-15)24(22,23)17-11-9-16(20)10-12-17/h4-12,19,21H,1-3H3. The van der Waals surface area contributed by atoms with Crippen LogP contribution < -0.4 is 0 Å². The number of allylic oxidation sites excluding steroid dienone is 1. The van der Waals surface area contributed by atoms with E-state index in [2.05, 4.69) is 0 Å². The molecule has 1 atom stereocenters. The van der Waals surface area contributed by atoms with Crippen molar-refractivity contribution in [3.8, 4) is 0 Å². The lowest BCUT2D eigenvalue weighted by molar-refractivity contribution is 0.589. The Hall–Kier alpha value is -1.91. The fourth-order valence-corrected chi connectivity index (χ4v) is 4.87. The molecule has 0 saturated carbocycles. The van der Waals surface area contributed by atoms with Gasteiger partial charge in [0.05, 0.1) is 4.90 Å². The summed E-state index contributed by atoms with van der Waals surface area (Å²) < 4.78 is 26.6. The molecule has 2 rings (SSSR count). The maximum absolute atomic E-state index is 13.3. The quantitative estimate of drug-likeness (QED) is 0.741. The number of sulfone groups is 1. The molecule has 3 nitrogen and oxygen atoms in total. The van der Waals surface area contributed by atoms with E-state index in [0.29, 0.717) is 16.2 Å². The van der Waals surface area contributed by atoms with Crippen LogP contribution in [0, 0.1) is 5.41 Å². The molecule has 24 heavy (non-hydrogen) atoms. The Balaban J connectivity index is 2.73. The molecule has 1 unspecified atom stereocenters. The summed E-state index contributed by atoms with van der Waals surface area (Å²) in [6, 6.07) is 15.2. The van der Waals surface area contributed by atoms with E-state index in [1.54, 1.807) is 31.2 Å². The number of rotatable bonds is 5. The molecule has 126 valence electrons. The molecule has 0 radical (unpaired) electrons. The van der Waals surface area contributed by atoms with Gasteiger partial charge in [-0.05, 0) is 56.2 Å². The maximum Gasteiger partial charge on any atom is 0.189 e. The molecule has 2 aromatic rings. The van der Waals surface area contributed by atoms with E-state index in [9.17, 15) is 8.42 Å². The van der Waals surface area contributed by atoms with Gasteiger partial charge in [0.1, 0.15) is 5.25 Å². The van der Waals surface area contributed by atoms with E-state index in [4.69, 9.17) is 17.0 Å². The fraction of sp³-hybridized carbons (Fsp3) is 0.211. The van der Waals surface area contributed by atoms with Crippen LogP contribution in [0.5, 0.6) is 0 Å². The third kappa shape index (κ3) is 3.77. The molecule has 1 N–H and O–H groups in total. The molecule has 0 aliphatic rings. The predicted molar refractivity (Wildman–Crippen MR) is 99.6 cm³/mol. The summed E-state index contributed by atoms with van der Waals surface area (Å²) in [7, 11) is -3.72. The number of hydrogen-bond acceptors (Lipinski definition) is 3. The molecule has 0 spiro atoms. The lowest BCUT2D eigenvalue weighted by Gasteiger charge is -2.23. The smallest absolute Gasteiger partial charge is 0.189 e. The van der Waals surface area contributed by atoms with Crippen LogP contribution in [0.15, 0.2) is 70.6 Å². The van der Waals surface area contributed by atoms with Crippen LogP contribution in [0.25, 0.3) is 0 Å². The second-order valence-corrected chi connectivity index (χ2v) is 8.30. The van der Waals surface area contributed by atoms with Crippen LogP contribution in [0.1, 0.15) is 31.6 Å². The molecular formula is C19H20ClNO2S. The number of hydrogen-bond donors (Lipinski definition) is 1. The molecule has 0 saturated heterocycles. The highest BCUT2D eigenvalue weighted by molar-refractivity contribution is 7.92. The molecular weight excluding hydrogens is 342 g/mol. The first kappa shape index (κ1) is 18.4. The zero-order valence-electron chi connectivity index (χ0n) is 13.9. The van der Waals surface area contributed by atoms with Crippen LogP contribution in [-0.2, 0) is 9.84 Å². The zero-order chi connectivity index (χ0) is 17.9. The normalized spacial score (nSPS) is 12.5. The first-order valence-corrected chi connectivity index (χ1v) is 9.45. The third-order valence-electron chi connectivity index (χ3n) is 3.76. The summed E-state index contributed by atoms with van der Waals surface area (Å²) in [5.74, 6) is 0. The lowest BCUT2D eigenvalue weighted by atomic mass is 9.97. The van der Waals surface area contributed by atoms with Gasteiger partial charge in [0, 0.05) is 10.7 Å². The Labute approximate surface area is 148 Å². The van der Waals surface area contributed by atoms with Crippen LogP contribution >= 0.6 is 11.6 Å². The topological polar surface area (TPSA) is 58.0 Å². The average Bonchev–Trinajstić information content (AvgIpc) is 2.52. The summed E-state index contributed by atoms with van der Waals surface area (Å²) in [5.41, 5.74) is 2.24. The highest BCUT2D eigenvalue weighted by atomic mass is 35.5. The van der Waals surface area contributed by atoms with Gasteiger partial charge in [0.25, 0.3) is 0 Å². The van der Waals surface area contributed by atoms with E-state index >= 15 is 0 Å². The van der Waals surface area contributed by atoms with E-state index in [1.165, 1.54) is 12.1 Å². The molecule has 0 aromatic heterocycles. The van der Waals surface area contributed by atoms with Gasteiger partial charge in [-0.2, -0.15) is 0 Å². The van der Waals surface area contributed by atoms with Crippen molar-refractivity contribution >= 4 is 27.1 Å². The average molecular weight is 362 g/mol. The highest BCUT2D eigenvalue weighted by Gasteiger charge is 2.33. The van der Waals surface area contributed by atoms with Crippen molar-refractivity contribution in [1.29, 1.82) is 5.41 Å². The second-order valence-electron chi connectivity index (χ2n) is 5.83. The number of nitrogens with one attached hydrogen (secondary N) is 1. The summed E-state index contributed by atoms with van der Waals surface area (Å²) in [6.45, 7) is 5.29. The van der Waals surface area contributed by atoms with Gasteiger partial charge in [-0.15, -0.1) is 0 Å². The minimum Gasteiger partial charge on any atom is -0.305 e. The van der Waals surface area contributed by atoms with E-state index in [1.807, 2.05) is 32.0 Å². The van der Waals surface area contributed by atoms with Crippen LogP contribution in [-0.4, -0.2) is 14.1 Å². The van der Waals surface area contributed by atoms with Crippen LogP contribution in [0.3, 0.4) is 0 Å². The van der Waals surface area contributed by atoms with Crippen LogP contribution in [0.2, 0.25) is 5.02 Å². The van der Waals surface area contributed by atoms with Gasteiger partial charge in [-0.25, -0.2) is 8.42 Å². The van der Waals surface area contributed by atoms with Gasteiger partial charge in [-0.3, -0.25) is 0 Å². The second kappa shape index (κ2) is 7.32. The van der Waals surface area contributed by atoms with Crippen molar-refractivity contribution < 1.29 is 8.42 Å². The molecule has 0 aliphatic carbocycles. The van der Waals surface area contributed by atoms with Gasteiger partial charge < -0.3 is 5.41 Å². The van der Waals surface area contributed by atoms with E-state index < -0.39 is 15.1 Å². The number of halogens is 1. The molecule has 0 amide bonds. The molecule has 0 bridgehead atoms. The van der Waals surface area contributed by atoms with Gasteiger partial charge >= 0.3 is 0 Å². The highest BCUT2D eigenvalue weighted by Crippen LogP contribution is 2.37. The van der Waals surface area contributed by atoms with Gasteiger partial charge in [0.2, 0.25) is 0 Å². The largest absolute Gasteiger partial charge is 0.305 e. The van der Waals surface area contributed by atoms with E-state index in [-0.39, 0.29) is 10.6 Å². The third-order valence-corrected chi connectivity index (χ3v) is 6.07. The molecule has 0 aliphatic heterocycles. The molecule has 2 aromatic carbocycles. The predicted octanol–water partition coefficient (Wildman–Crippen LogP) is 5.23. The van der Waals surface area contributed by atoms with Crippen molar-refractivity contribution in [3.05, 3.63) is 76.3 Å². The maximum atomic E-state index is 13.3. The summed E-state index contributed by atoms with van der Waals surface area (Å²) in [5, 5.41) is 7.66. The Bertz CT molecular complexity index is 865. The first-order chi connectivity index (χ1) is 11.2. The number of benzene rings is 2. The SMILES string of the molecule is CC(=N)C(=C(C)C)C(c1ccccc1)S(=O)(=O)c1ccc(Cl)cc1. The zero-order valence-corrected chi connectivity index (χ0v) is 15.4. The summed E-state index contributed by atoms with van der Waals surface area (Å²) in [6.07, 6.45) is 0. The lowest BCUT2D eigenvalue weighted by Crippen LogP contribution is -2.20.